The maximum absolute atomic E-state index is 5.81. The van der Waals surface area contributed by atoms with Crippen LogP contribution < -0.4 is 0 Å². The summed E-state index contributed by atoms with van der Waals surface area (Å²) in [5, 5.41) is 0. The second kappa shape index (κ2) is 48.4. The van der Waals surface area contributed by atoms with Crippen molar-refractivity contribution in [1.82, 2.24) is 0 Å². The van der Waals surface area contributed by atoms with Gasteiger partial charge in [0, 0.05) is 67.7 Å². The summed E-state index contributed by atoms with van der Waals surface area (Å²) in [5.41, 5.74) is 3.80. The molecule has 0 saturated heterocycles. The van der Waals surface area contributed by atoms with E-state index >= 15 is 0 Å². The fourth-order valence-electron chi connectivity index (χ4n) is 8.30. The number of methoxy groups -OCH3 is 1. The normalized spacial score (nSPS) is 11.1. The van der Waals surface area contributed by atoms with Gasteiger partial charge in [0.05, 0.1) is 12.5 Å². The summed E-state index contributed by atoms with van der Waals surface area (Å²) in [6.07, 6.45) is 4.44. The summed E-state index contributed by atoms with van der Waals surface area (Å²) in [4.78, 5) is 0. The van der Waals surface area contributed by atoms with E-state index in [0.29, 0.717) is 6.61 Å². The van der Waals surface area contributed by atoms with Crippen LogP contribution in [0.5, 0.6) is 0 Å². The zero-order valence-electron chi connectivity index (χ0n) is 67.3. The van der Waals surface area contributed by atoms with Crippen LogP contribution in [0.2, 0.25) is 0 Å². The molecule has 9 rings (SSSR count). The third kappa shape index (κ3) is 44.8. The Morgan fingerprint density at radius 3 is 0.790 bits per heavy atom. The van der Waals surface area contributed by atoms with Crippen molar-refractivity contribution in [3.63, 3.8) is 0 Å². The average Bonchev–Trinajstić information content (AvgIpc) is 1.70. The molecule has 105 heavy (non-hydrogen) atoms. The van der Waals surface area contributed by atoms with E-state index in [-0.39, 0.29) is 121 Å². The van der Waals surface area contributed by atoms with E-state index in [4.69, 9.17) is 44.5 Å². The van der Waals surface area contributed by atoms with Crippen LogP contribution in [0, 0.1) is 34.6 Å². The van der Waals surface area contributed by atoms with Gasteiger partial charge in [0.2, 0.25) is 0 Å². The molecule has 9 aromatic rings. The zero-order valence-corrected chi connectivity index (χ0v) is 68.9. The molecule has 0 aliphatic carbocycles. The predicted molar refractivity (Wildman–Crippen MR) is 467 cm³/mol. The molecule has 0 spiro atoms. The van der Waals surface area contributed by atoms with Crippen molar-refractivity contribution >= 4 is 15.9 Å². The van der Waals surface area contributed by atoms with E-state index in [2.05, 4.69) is 275 Å². The number of furan rings is 9. The molecule has 10 nitrogen and oxygen atoms in total. The van der Waals surface area contributed by atoms with Gasteiger partial charge in [0.25, 0.3) is 0 Å². The Morgan fingerprint density at radius 1 is 0.295 bits per heavy atom. The second-order valence-electron chi connectivity index (χ2n) is 35.2. The molecule has 0 aromatic carbocycles. The van der Waals surface area contributed by atoms with Crippen LogP contribution in [0.25, 0.3) is 0 Å². The molecule has 9 aromatic heterocycles. The van der Waals surface area contributed by atoms with Gasteiger partial charge < -0.3 is 44.5 Å². The zero-order chi connectivity index (χ0) is 74.6. The topological polar surface area (TPSA) is 127 Å². The molecule has 11 heteroatoms. The summed E-state index contributed by atoms with van der Waals surface area (Å²) < 4.78 is 55.1. The van der Waals surface area contributed by atoms with Crippen LogP contribution in [0.3, 0.4) is 0 Å². The van der Waals surface area contributed by atoms with Crippen LogP contribution in [0.15, 0.2) is 154 Å². The summed E-state index contributed by atoms with van der Waals surface area (Å²) in [6.45, 7) is 77.1. The molecular weight excluding hydrogens is 1370 g/mol. The lowest BCUT2D eigenvalue weighted by Gasteiger charge is -2.17. The van der Waals surface area contributed by atoms with Crippen molar-refractivity contribution in [1.29, 1.82) is 0 Å². The molecule has 9 heterocycles. The summed E-state index contributed by atoms with van der Waals surface area (Å²) in [6, 6.07) is 32.3. The Balaban J connectivity index is -0.000000140. The highest BCUT2D eigenvalue weighted by molar-refractivity contribution is 9.10. The van der Waals surface area contributed by atoms with Gasteiger partial charge in [0.15, 0.2) is 4.67 Å². The van der Waals surface area contributed by atoms with Crippen LogP contribution in [0.4, 0.5) is 0 Å². The van der Waals surface area contributed by atoms with Crippen LogP contribution in [-0.4, -0.2) is 7.11 Å². The van der Waals surface area contributed by atoms with E-state index < -0.39 is 0 Å². The predicted octanol–water partition coefficient (Wildman–Crippen LogP) is 33.2. The molecule has 0 radical (unpaired) electrons. The van der Waals surface area contributed by atoms with Gasteiger partial charge >= 0.3 is 0 Å². The standard InChI is InChI=1S/C12H20O.C10H16O2.2C10H16O.3C9H14O.C8H11BrO.C8H12O.9CH4/c1-11(2,3)9-7-8-10(13-9)12(4,5)6;1-10(2,3)9-6-5-8(12-9)7-11-4;1-7-6-9(10(3,4)5)11-8(7)2;1-5-8-6-7-9(11-8)10(2,3)4;1-7-5-6-10-8(7)9(2,3)4;2*1-7-5-6-8(10-7)9(2,3)4;1-8(2,3)6-4-5-7(9)10-6;1-8(2,3)7-5-4-6-9-7;;;;;;;;;/h7-8H,1-6H3;5-6H,7H2,1-4H3;6H,1-5H3;6-7H,5H2,1-4H3;3*5-6H,1-4H3;4-5H,1-3H3;4-6H,1-3H3;9*1H4. The average molecular weight is 1540 g/mol. The van der Waals surface area contributed by atoms with Crippen molar-refractivity contribution in [3.8, 4) is 0 Å². The van der Waals surface area contributed by atoms with Gasteiger partial charge in [-0.2, -0.15) is 0 Å². The summed E-state index contributed by atoms with van der Waals surface area (Å²) in [5.74, 6) is 15.6. The van der Waals surface area contributed by atoms with E-state index in [0.717, 1.165) is 97.5 Å². The molecule has 0 bridgehead atoms. The van der Waals surface area contributed by atoms with Gasteiger partial charge in [-0.3, -0.25) is 0 Å². The first-order valence-corrected chi connectivity index (χ1v) is 34.9. The first kappa shape index (κ1) is 117. The Labute approximate surface area is 658 Å². The van der Waals surface area contributed by atoms with Crippen LogP contribution in [-0.2, 0) is 71.9 Å². The lowest BCUT2D eigenvalue weighted by molar-refractivity contribution is 0.160. The van der Waals surface area contributed by atoms with Gasteiger partial charge in [-0.25, -0.2) is 0 Å². The molecule has 0 amide bonds. The Bertz CT molecular complexity index is 3360. The van der Waals surface area contributed by atoms with Gasteiger partial charge in [0.1, 0.15) is 93.0 Å². The highest BCUT2D eigenvalue weighted by Gasteiger charge is 2.25. The molecule has 0 aliphatic heterocycles. The summed E-state index contributed by atoms with van der Waals surface area (Å²) in [7, 11) is 1.67. The Kier molecular flexibility index (Phi) is 54.1. The fraction of sp³-hybridized carbons (Fsp3) is 0.617. The van der Waals surface area contributed by atoms with Crippen molar-refractivity contribution in [2.45, 2.75) is 383 Å². The van der Waals surface area contributed by atoms with Crippen molar-refractivity contribution in [3.05, 3.63) is 212 Å². The SMILES string of the molecule is C.C.C.C.C.C.C.C.C.CC(C)(C)c1ccc(Br)o1.CC(C)(C)c1ccc(C(C)(C)C)o1.CC(C)(C)c1ccco1.CCc1ccc(C(C)(C)C)o1.COCc1ccc(C(C)(C)C)o1.Cc1cc(C(C)(C)C)oc1C.Cc1ccc(C(C)(C)C)o1.Cc1ccc(C(C)(C)C)o1.Cc1ccoc1C(C)(C)C. The molecule has 0 N–H and O–H groups in total. The Hall–Kier alpha value is -6.04. The number of ether oxygens (including phenoxy) is 1. The highest BCUT2D eigenvalue weighted by atomic mass is 79.9. The van der Waals surface area contributed by atoms with Crippen molar-refractivity contribution in [2.75, 3.05) is 7.11 Å². The molecule has 0 atom stereocenters. The number of aryl methyl sites for hydroxylation is 6. The third-order valence-corrected chi connectivity index (χ3v) is 14.9. The van der Waals surface area contributed by atoms with E-state index in [1.807, 2.05) is 87.5 Å². The number of hydrogen-bond donors (Lipinski definition) is 0. The first-order valence-electron chi connectivity index (χ1n) is 34.2. The van der Waals surface area contributed by atoms with E-state index in [1.54, 1.807) is 19.6 Å². The molecule has 0 aliphatic rings. The summed E-state index contributed by atoms with van der Waals surface area (Å²) >= 11 is 3.26. The molecule has 0 fully saturated rings. The number of halogens is 1. The quantitative estimate of drug-likeness (QED) is 0.169. The fourth-order valence-corrected chi connectivity index (χ4v) is 8.60. The molecule has 0 saturated carbocycles. The lowest BCUT2D eigenvalue weighted by atomic mass is 9.91. The smallest absolute Gasteiger partial charge is 0.169 e. The monoisotopic (exact) mass is 1540 g/mol. The van der Waals surface area contributed by atoms with Gasteiger partial charge in [-0.05, 0) is 159 Å². The maximum atomic E-state index is 5.81. The minimum absolute atomic E-state index is 0. The Morgan fingerprint density at radius 2 is 0.610 bits per heavy atom. The minimum atomic E-state index is 0. The number of hydrogen-bond acceptors (Lipinski definition) is 10. The molecule has 612 valence electrons. The third-order valence-electron chi connectivity index (χ3n) is 14.5. The van der Waals surface area contributed by atoms with Gasteiger partial charge in [-0.1, -0.05) is 281 Å². The minimum Gasteiger partial charge on any atom is -0.469 e. The van der Waals surface area contributed by atoms with Crippen LogP contribution in [0.1, 0.15) is 379 Å². The lowest BCUT2D eigenvalue weighted by Crippen LogP contribution is -2.11. The maximum Gasteiger partial charge on any atom is 0.169 e. The number of rotatable bonds is 3. The van der Waals surface area contributed by atoms with E-state index in [9.17, 15) is 0 Å². The molecular formula is C94H169BrO10. The van der Waals surface area contributed by atoms with Gasteiger partial charge in [-0.15, -0.1) is 0 Å². The second-order valence-corrected chi connectivity index (χ2v) is 35.9. The van der Waals surface area contributed by atoms with Crippen molar-refractivity contribution < 1.29 is 44.5 Å². The molecule has 0 unspecified atom stereocenters. The van der Waals surface area contributed by atoms with Crippen molar-refractivity contribution in [2.24, 2.45) is 0 Å². The highest BCUT2D eigenvalue weighted by Crippen LogP contribution is 2.33. The largest absolute Gasteiger partial charge is 0.469 e. The first-order chi connectivity index (χ1) is 43.3. The van der Waals surface area contributed by atoms with E-state index in [1.165, 1.54) is 11.1 Å². The van der Waals surface area contributed by atoms with Crippen LogP contribution >= 0.6 is 15.9 Å².